The second-order valence-corrected chi connectivity index (χ2v) is 7.56. The Bertz CT molecular complexity index is 961. The molecule has 0 bridgehead atoms. The van der Waals surface area contributed by atoms with Crippen molar-refractivity contribution in [3.8, 4) is 5.75 Å². The number of thioether (sulfide) groups is 1. The van der Waals surface area contributed by atoms with Crippen molar-refractivity contribution in [2.45, 2.75) is 6.54 Å². The van der Waals surface area contributed by atoms with Gasteiger partial charge in [0.05, 0.1) is 18.6 Å². The summed E-state index contributed by atoms with van der Waals surface area (Å²) in [5.74, 6) is -0.277. The Hall–Kier alpha value is -3.10. The lowest BCUT2D eigenvalue weighted by atomic mass is 10.2. The van der Waals surface area contributed by atoms with Gasteiger partial charge in [-0.3, -0.25) is 19.3 Å². The van der Waals surface area contributed by atoms with Gasteiger partial charge in [0.2, 0.25) is 5.91 Å². The SMILES string of the molecule is COc1cccc(/C=C2\SC(=O)N(CC(=O)N(CCO)Cc3ccccc3)C2=O)c1. The second-order valence-electron chi connectivity index (χ2n) is 6.57. The number of nitrogens with zero attached hydrogens (tertiary/aromatic N) is 2. The molecule has 30 heavy (non-hydrogen) atoms. The fraction of sp³-hybridized carbons (Fsp3) is 0.227. The number of carbonyl (C=O) groups excluding carboxylic acids is 3. The van der Waals surface area contributed by atoms with Gasteiger partial charge in [-0.05, 0) is 41.1 Å². The number of ether oxygens (including phenoxy) is 1. The molecule has 1 heterocycles. The first-order valence-corrected chi connectivity index (χ1v) is 10.2. The van der Waals surface area contributed by atoms with Crippen LogP contribution in [-0.2, 0) is 16.1 Å². The topological polar surface area (TPSA) is 87.2 Å². The third-order valence-electron chi connectivity index (χ3n) is 4.50. The Balaban J connectivity index is 1.71. The zero-order valence-electron chi connectivity index (χ0n) is 16.5. The van der Waals surface area contributed by atoms with E-state index >= 15 is 0 Å². The predicted octanol–water partition coefficient (Wildman–Crippen LogP) is 2.75. The predicted molar refractivity (Wildman–Crippen MR) is 115 cm³/mol. The van der Waals surface area contributed by atoms with Crippen molar-refractivity contribution in [2.24, 2.45) is 0 Å². The van der Waals surface area contributed by atoms with Crippen molar-refractivity contribution < 1.29 is 24.2 Å². The van der Waals surface area contributed by atoms with Crippen LogP contribution in [0.2, 0.25) is 0 Å². The van der Waals surface area contributed by atoms with Crippen LogP contribution in [0.25, 0.3) is 6.08 Å². The summed E-state index contributed by atoms with van der Waals surface area (Å²) in [7, 11) is 1.55. The molecule has 1 fully saturated rings. The van der Waals surface area contributed by atoms with Gasteiger partial charge >= 0.3 is 0 Å². The molecular weight excluding hydrogens is 404 g/mol. The van der Waals surface area contributed by atoms with Gasteiger partial charge in [0, 0.05) is 13.1 Å². The molecule has 8 heteroatoms. The summed E-state index contributed by atoms with van der Waals surface area (Å²) in [6, 6.07) is 16.4. The maximum absolute atomic E-state index is 12.8. The van der Waals surface area contributed by atoms with Crippen LogP contribution < -0.4 is 4.74 Å². The smallest absolute Gasteiger partial charge is 0.294 e. The van der Waals surface area contributed by atoms with Crippen LogP contribution in [0.4, 0.5) is 4.79 Å². The molecule has 2 aromatic rings. The highest BCUT2D eigenvalue weighted by atomic mass is 32.2. The number of benzene rings is 2. The maximum atomic E-state index is 12.8. The van der Waals surface area contributed by atoms with E-state index in [1.54, 1.807) is 37.5 Å². The molecule has 0 spiro atoms. The van der Waals surface area contributed by atoms with Gasteiger partial charge in [0.15, 0.2) is 0 Å². The van der Waals surface area contributed by atoms with Crippen LogP contribution >= 0.6 is 11.8 Å². The largest absolute Gasteiger partial charge is 0.497 e. The second kappa shape index (κ2) is 10.1. The van der Waals surface area contributed by atoms with Crippen LogP contribution in [0.15, 0.2) is 59.5 Å². The summed E-state index contributed by atoms with van der Waals surface area (Å²) in [5, 5.41) is 8.82. The van der Waals surface area contributed by atoms with Crippen LogP contribution in [0.1, 0.15) is 11.1 Å². The van der Waals surface area contributed by atoms with Crippen molar-refractivity contribution >= 4 is 34.9 Å². The monoisotopic (exact) mass is 426 g/mol. The number of hydrogen-bond acceptors (Lipinski definition) is 6. The number of rotatable bonds is 8. The molecule has 0 aromatic heterocycles. The Morgan fingerprint density at radius 2 is 1.93 bits per heavy atom. The average Bonchev–Trinajstić information content (AvgIpc) is 3.01. The minimum Gasteiger partial charge on any atom is -0.497 e. The molecule has 0 saturated carbocycles. The minimum atomic E-state index is -0.509. The molecule has 0 radical (unpaired) electrons. The summed E-state index contributed by atoms with van der Waals surface area (Å²) < 4.78 is 5.17. The summed E-state index contributed by atoms with van der Waals surface area (Å²) in [6.45, 7) is -0.178. The van der Waals surface area contributed by atoms with E-state index < -0.39 is 17.1 Å². The summed E-state index contributed by atoms with van der Waals surface area (Å²) in [4.78, 5) is 40.5. The van der Waals surface area contributed by atoms with Crippen molar-refractivity contribution in [3.63, 3.8) is 0 Å². The van der Waals surface area contributed by atoms with E-state index in [9.17, 15) is 19.5 Å². The van der Waals surface area contributed by atoms with Crippen molar-refractivity contribution in [1.82, 2.24) is 9.80 Å². The summed E-state index contributed by atoms with van der Waals surface area (Å²) in [6.07, 6.45) is 1.60. The number of carbonyl (C=O) groups is 3. The van der Waals surface area contributed by atoms with Gasteiger partial charge < -0.3 is 14.7 Å². The number of aliphatic hydroxyl groups excluding tert-OH is 1. The van der Waals surface area contributed by atoms with Gasteiger partial charge in [-0.25, -0.2) is 0 Å². The summed E-state index contributed by atoms with van der Waals surface area (Å²) in [5.41, 5.74) is 1.61. The molecule has 156 valence electrons. The van der Waals surface area contributed by atoms with E-state index in [1.165, 1.54) is 4.90 Å². The first-order chi connectivity index (χ1) is 14.5. The van der Waals surface area contributed by atoms with Crippen LogP contribution in [0, 0.1) is 0 Å². The minimum absolute atomic E-state index is 0.115. The van der Waals surface area contributed by atoms with Gasteiger partial charge in [-0.1, -0.05) is 42.5 Å². The zero-order valence-corrected chi connectivity index (χ0v) is 17.3. The molecule has 1 aliphatic heterocycles. The molecule has 7 nitrogen and oxygen atoms in total. The zero-order chi connectivity index (χ0) is 21.5. The molecule has 0 unspecified atom stereocenters. The maximum Gasteiger partial charge on any atom is 0.294 e. The Morgan fingerprint density at radius 1 is 1.17 bits per heavy atom. The summed E-state index contributed by atoms with van der Waals surface area (Å²) >= 11 is 0.799. The lowest BCUT2D eigenvalue weighted by molar-refractivity contribution is -0.136. The standard InChI is InChI=1S/C22H22N2O5S/c1-29-18-9-5-8-17(12-18)13-19-21(27)24(22(28)30-19)15-20(26)23(10-11-25)14-16-6-3-2-4-7-16/h2-9,12-13,25H,10-11,14-15H2,1H3/b19-13-. The molecule has 2 aromatic carbocycles. The first-order valence-electron chi connectivity index (χ1n) is 9.34. The van der Waals surface area contributed by atoms with Crippen LogP contribution in [-0.4, -0.2) is 58.8 Å². The highest BCUT2D eigenvalue weighted by molar-refractivity contribution is 8.18. The van der Waals surface area contributed by atoms with Crippen molar-refractivity contribution in [3.05, 3.63) is 70.6 Å². The molecule has 0 aliphatic carbocycles. The number of amides is 3. The molecule has 3 amide bonds. The fourth-order valence-electron chi connectivity index (χ4n) is 2.97. The Kier molecular flexibility index (Phi) is 7.26. The normalized spacial score (nSPS) is 15.0. The number of aliphatic hydroxyl groups is 1. The fourth-order valence-corrected chi connectivity index (χ4v) is 3.81. The molecular formula is C22H22N2O5S. The Labute approximate surface area is 178 Å². The highest BCUT2D eigenvalue weighted by Gasteiger charge is 2.37. The van der Waals surface area contributed by atoms with E-state index in [0.717, 1.165) is 27.8 Å². The lowest BCUT2D eigenvalue weighted by Crippen LogP contribution is -2.42. The van der Waals surface area contributed by atoms with E-state index in [0.29, 0.717) is 5.75 Å². The van der Waals surface area contributed by atoms with Gasteiger partial charge in [-0.2, -0.15) is 0 Å². The third kappa shape index (κ3) is 5.28. The molecule has 3 rings (SSSR count). The molecule has 1 aliphatic rings. The van der Waals surface area contributed by atoms with Crippen LogP contribution in [0.5, 0.6) is 5.75 Å². The van der Waals surface area contributed by atoms with Crippen molar-refractivity contribution in [2.75, 3.05) is 26.8 Å². The number of methoxy groups -OCH3 is 1. The van der Waals surface area contributed by atoms with Gasteiger partial charge in [0.1, 0.15) is 12.3 Å². The first kappa shape index (κ1) is 21.6. The van der Waals surface area contributed by atoms with Gasteiger partial charge in [-0.15, -0.1) is 0 Å². The van der Waals surface area contributed by atoms with Crippen LogP contribution in [0.3, 0.4) is 0 Å². The third-order valence-corrected chi connectivity index (χ3v) is 5.40. The van der Waals surface area contributed by atoms with E-state index in [2.05, 4.69) is 0 Å². The molecule has 0 atom stereocenters. The number of hydrogen-bond donors (Lipinski definition) is 1. The highest BCUT2D eigenvalue weighted by Crippen LogP contribution is 2.32. The number of imide groups is 1. The van der Waals surface area contributed by atoms with E-state index in [-0.39, 0.29) is 31.1 Å². The average molecular weight is 426 g/mol. The Morgan fingerprint density at radius 3 is 2.63 bits per heavy atom. The lowest BCUT2D eigenvalue weighted by Gasteiger charge is -2.24. The van der Waals surface area contributed by atoms with E-state index in [4.69, 9.17) is 4.74 Å². The van der Waals surface area contributed by atoms with Gasteiger partial charge in [0.25, 0.3) is 11.1 Å². The quantitative estimate of drug-likeness (QED) is 0.653. The van der Waals surface area contributed by atoms with Crippen molar-refractivity contribution in [1.29, 1.82) is 0 Å². The molecule has 1 saturated heterocycles. The molecule has 1 N–H and O–H groups in total. The van der Waals surface area contributed by atoms with E-state index in [1.807, 2.05) is 30.3 Å².